The van der Waals surface area contributed by atoms with E-state index in [0.717, 1.165) is 30.4 Å². The van der Waals surface area contributed by atoms with E-state index in [4.69, 9.17) is 0 Å². The molecule has 2 aromatic carbocycles. The Labute approximate surface area is 136 Å². The van der Waals surface area contributed by atoms with Crippen molar-refractivity contribution in [1.82, 2.24) is 0 Å². The van der Waals surface area contributed by atoms with Crippen molar-refractivity contribution < 1.29 is 12.8 Å². The third-order valence-electron chi connectivity index (χ3n) is 4.31. The van der Waals surface area contributed by atoms with E-state index in [1.165, 1.54) is 17.4 Å². The number of sulfone groups is 1. The minimum atomic E-state index is -3.17. The van der Waals surface area contributed by atoms with E-state index >= 15 is 0 Å². The molecule has 0 bridgehead atoms. The maximum Gasteiger partial charge on any atom is 0.175 e. The molecule has 23 heavy (non-hydrogen) atoms. The Morgan fingerprint density at radius 1 is 0.870 bits per heavy atom. The molecule has 1 aliphatic carbocycles. The minimum Gasteiger partial charge on any atom is -0.246 e. The van der Waals surface area contributed by atoms with Gasteiger partial charge in [0, 0.05) is 6.26 Å². The standard InChI is InChI=1S/C19H19FO2S/c1-23(21,22)17-11-9-16(10-12-17)19-4-2-3-18(19)15-7-5-14(13-20)6-8-15/h5-12H,2-4,13H2,1H3. The predicted octanol–water partition coefficient (Wildman–Crippen LogP) is 4.65. The van der Waals surface area contributed by atoms with Crippen LogP contribution in [-0.4, -0.2) is 14.7 Å². The molecule has 0 saturated carbocycles. The summed E-state index contributed by atoms with van der Waals surface area (Å²) in [5.41, 5.74) is 5.42. The highest BCUT2D eigenvalue weighted by atomic mass is 32.2. The fourth-order valence-electron chi connectivity index (χ4n) is 3.08. The number of allylic oxidation sites excluding steroid dienone is 2. The molecule has 0 amide bonds. The Bertz CT molecular complexity index is 832. The lowest BCUT2D eigenvalue weighted by atomic mass is 9.96. The van der Waals surface area contributed by atoms with E-state index in [9.17, 15) is 12.8 Å². The maximum atomic E-state index is 12.6. The molecule has 0 atom stereocenters. The van der Waals surface area contributed by atoms with Gasteiger partial charge in [0.05, 0.1) is 4.90 Å². The van der Waals surface area contributed by atoms with Crippen LogP contribution in [0.5, 0.6) is 0 Å². The van der Waals surface area contributed by atoms with Gasteiger partial charge in [0.15, 0.2) is 9.84 Å². The summed E-state index contributed by atoms with van der Waals surface area (Å²) < 4.78 is 35.8. The van der Waals surface area contributed by atoms with Gasteiger partial charge in [-0.2, -0.15) is 0 Å². The third kappa shape index (κ3) is 3.37. The van der Waals surface area contributed by atoms with Crippen molar-refractivity contribution in [1.29, 1.82) is 0 Å². The zero-order valence-corrected chi connectivity index (χ0v) is 13.9. The first-order chi connectivity index (χ1) is 11.0. The summed E-state index contributed by atoms with van der Waals surface area (Å²) in [5.74, 6) is 0. The van der Waals surface area contributed by atoms with Crippen LogP contribution >= 0.6 is 0 Å². The quantitative estimate of drug-likeness (QED) is 0.817. The van der Waals surface area contributed by atoms with Gasteiger partial charge in [0.25, 0.3) is 0 Å². The van der Waals surface area contributed by atoms with Crippen molar-refractivity contribution in [3.05, 3.63) is 65.2 Å². The molecule has 0 N–H and O–H groups in total. The molecule has 0 unspecified atom stereocenters. The van der Waals surface area contributed by atoms with Crippen molar-refractivity contribution in [3.8, 4) is 0 Å². The van der Waals surface area contributed by atoms with Crippen LogP contribution in [0.25, 0.3) is 11.1 Å². The summed E-state index contributed by atoms with van der Waals surface area (Å²) in [6.45, 7) is -0.445. The van der Waals surface area contributed by atoms with Crippen LogP contribution in [-0.2, 0) is 16.5 Å². The third-order valence-corrected chi connectivity index (χ3v) is 5.43. The molecule has 4 heteroatoms. The average molecular weight is 330 g/mol. The van der Waals surface area contributed by atoms with Gasteiger partial charge in [-0.15, -0.1) is 0 Å². The summed E-state index contributed by atoms with van der Waals surface area (Å²) >= 11 is 0. The summed E-state index contributed by atoms with van der Waals surface area (Å²) in [4.78, 5) is 0.341. The number of alkyl halides is 1. The van der Waals surface area contributed by atoms with Gasteiger partial charge in [-0.25, -0.2) is 12.8 Å². The first-order valence-electron chi connectivity index (χ1n) is 7.67. The van der Waals surface area contributed by atoms with Gasteiger partial charge in [-0.3, -0.25) is 0 Å². The first-order valence-corrected chi connectivity index (χ1v) is 9.56. The Kier molecular flexibility index (Phi) is 4.35. The van der Waals surface area contributed by atoms with Gasteiger partial charge in [0.2, 0.25) is 0 Å². The lowest BCUT2D eigenvalue weighted by molar-refractivity contribution is 0.485. The van der Waals surface area contributed by atoms with Crippen LogP contribution < -0.4 is 0 Å². The predicted molar refractivity (Wildman–Crippen MR) is 91.5 cm³/mol. The minimum absolute atomic E-state index is 0.341. The fraction of sp³-hybridized carbons (Fsp3) is 0.263. The van der Waals surface area contributed by atoms with E-state index in [0.29, 0.717) is 10.5 Å². The first kappa shape index (κ1) is 15.9. The van der Waals surface area contributed by atoms with Gasteiger partial charge in [-0.1, -0.05) is 36.4 Å². The van der Waals surface area contributed by atoms with Gasteiger partial charge >= 0.3 is 0 Å². The number of rotatable bonds is 4. The normalized spacial score (nSPS) is 15.2. The topological polar surface area (TPSA) is 34.1 Å². The SMILES string of the molecule is CS(=O)(=O)c1ccc(C2=C(c3ccc(CF)cc3)CCC2)cc1. The van der Waals surface area contributed by atoms with Crippen molar-refractivity contribution in [2.75, 3.05) is 6.26 Å². The zero-order valence-electron chi connectivity index (χ0n) is 13.0. The summed E-state index contributed by atoms with van der Waals surface area (Å²) in [6, 6.07) is 14.7. The summed E-state index contributed by atoms with van der Waals surface area (Å²) in [7, 11) is -3.17. The molecule has 3 rings (SSSR count). The highest BCUT2D eigenvalue weighted by molar-refractivity contribution is 7.90. The average Bonchev–Trinajstić information content (AvgIpc) is 3.04. The number of hydrogen-bond donors (Lipinski definition) is 0. The molecule has 120 valence electrons. The highest BCUT2D eigenvalue weighted by Gasteiger charge is 2.18. The lowest BCUT2D eigenvalue weighted by Crippen LogP contribution is -1.97. The molecular weight excluding hydrogens is 311 g/mol. The van der Waals surface area contributed by atoms with Gasteiger partial charge < -0.3 is 0 Å². The van der Waals surface area contributed by atoms with E-state index < -0.39 is 16.5 Å². The highest BCUT2D eigenvalue weighted by Crippen LogP contribution is 2.39. The second-order valence-corrected chi connectivity index (χ2v) is 7.95. The number of hydrogen-bond acceptors (Lipinski definition) is 2. The van der Waals surface area contributed by atoms with E-state index in [1.54, 1.807) is 12.1 Å². The second kappa shape index (κ2) is 6.28. The Hall–Kier alpha value is -1.94. The molecule has 2 aromatic rings. The molecule has 0 spiro atoms. The number of halogens is 1. The summed E-state index contributed by atoms with van der Waals surface area (Å²) in [6.07, 6.45) is 4.29. The molecule has 2 nitrogen and oxygen atoms in total. The maximum absolute atomic E-state index is 12.6. The van der Waals surface area contributed by atoms with Gasteiger partial charge in [-0.05, 0) is 59.2 Å². The van der Waals surface area contributed by atoms with Crippen LogP contribution in [0.15, 0.2) is 53.4 Å². The number of benzene rings is 2. The monoisotopic (exact) mass is 330 g/mol. The molecule has 0 heterocycles. The van der Waals surface area contributed by atoms with Crippen LogP contribution in [0, 0.1) is 0 Å². The Morgan fingerprint density at radius 3 is 1.78 bits per heavy atom. The molecule has 0 aliphatic heterocycles. The summed E-state index contributed by atoms with van der Waals surface area (Å²) in [5, 5.41) is 0. The Balaban J connectivity index is 1.98. The zero-order chi connectivity index (χ0) is 16.4. The smallest absolute Gasteiger partial charge is 0.175 e. The Morgan fingerprint density at radius 2 is 1.35 bits per heavy atom. The van der Waals surface area contributed by atoms with Gasteiger partial charge in [0.1, 0.15) is 6.67 Å². The van der Waals surface area contributed by atoms with E-state index in [1.807, 2.05) is 36.4 Å². The van der Waals surface area contributed by atoms with Crippen LogP contribution in [0.3, 0.4) is 0 Å². The largest absolute Gasteiger partial charge is 0.246 e. The molecular formula is C19H19FO2S. The fourth-order valence-corrected chi connectivity index (χ4v) is 3.71. The van der Waals surface area contributed by atoms with Crippen LogP contribution in [0.4, 0.5) is 4.39 Å². The van der Waals surface area contributed by atoms with Crippen LogP contribution in [0.1, 0.15) is 36.0 Å². The van der Waals surface area contributed by atoms with Crippen molar-refractivity contribution in [3.63, 3.8) is 0 Å². The molecule has 0 fully saturated rings. The van der Waals surface area contributed by atoms with Crippen molar-refractivity contribution >= 4 is 21.0 Å². The lowest BCUT2D eigenvalue weighted by Gasteiger charge is -2.10. The van der Waals surface area contributed by atoms with Crippen molar-refractivity contribution in [2.24, 2.45) is 0 Å². The molecule has 0 saturated heterocycles. The van der Waals surface area contributed by atoms with Crippen LogP contribution in [0.2, 0.25) is 0 Å². The van der Waals surface area contributed by atoms with Crippen molar-refractivity contribution in [2.45, 2.75) is 30.8 Å². The molecule has 1 aliphatic rings. The van der Waals surface area contributed by atoms with E-state index in [-0.39, 0.29) is 0 Å². The second-order valence-electron chi connectivity index (χ2n) is 5.94. The molecule has 0 radical (unpaired) electrons. The van der Waals surface area contributed by atoms with E-state index in [2.05, 4.69) is 0 Å². The molecule has 0 aromatic heterocycles.